The zero-order valence-corrected chi connectivity index (χ0v) is 9.08. The van der Waals surface area contributed by atoms with Gasteiger partial charge >= 0.3 is 0 Å². The molecule has 1 aromatic carbocycles. The van der Waals surface area contributed by atoms with Gasteiger partial charge in [0.15, 0.2) is 0 Å². The first kappa shape index (κ1) is 9.22. The highest BCUT2D eigenvalue weighted by Gasteiger charge is 2.47. The molecule has 1 heterocycles. The summed E-state index contributed by atoms with van der Waals surface area (Å²) in [5, 5.41) is 0. The van der Waals surface area contributed by atoms with Gasteiger partial charge in [0.25, 0.3) is 0 Å². The van der Waals surface area contributed by atoms with E-state index in [1.807, 2.05) is 0 Å². The normalized spacial score (nSPS) is 22.3. The molecule has 2 nitrogen and oxygen atoms in total. The van der Waals surface area contributed by atoms with E-state index >= 15 is 0 Å². The molecular weight excluding hydrogens is 184 g/mol. The summed E-state index contributed by atoms with van der Waals surface area (Å²) in [4.78, 5) is 2.49. The van der Waals surface area contributed by atoms with Gasteiger partial charge in [0.2, 0.25) is 0 Å². The number of anilines is 1. The van der Waals surface area contributed by atoms with E-state index in [1.54, 1.807) is 0 Å². The lowest BCUT2D eigenvalue weighted by Crippen LogP contribution is -2.60. The minimum absolute atomic E-state index is 0.652. The Balaban J connectivity index is 1.77. The molecule has 15 heavy (non-hydrogen) atoms. The average Bonchev–Trinajstić information content (AvgIpc) is 2.14. The topological polar surface area (TPSA) is 29.3 Å². The van der Waals surface area contributed by atoms with Crippen LogP contribution < -0.4 is 10.6 Å². The van der Waals surface area contributed by atoms with Gasteiger partial charge in [0.05, 0.1) is 0 Å². The molecule has 1 aliphatic heterocycles. The van der Waals surface area contributed by atoms with Crippen molar-refractivity contribution in [1.29, 1.82) is 0 Å². The van der Waals surface area contributed by atoms with Crippen LogP contribution in [-0.2, 0) is 6.54 Å². The van der Waals surface area contributed by atoms with Crippen molar-refractivity contribution in [3.8, 4) is 0 Å². The lowest BCUT2D eigenvalue weighted by molar-refractivity contribution is 0.0902. The van der Waals surface area contributed by atoms with E-state index < -0.39 is 0 Å². The quantitative estimate of drug-likeness (QED) is 0.796. The van der Waals surface area contributed by atoms with E-state index in [4.69, 9.17) is 5.73 Å². The molecule has 1 aromatic rings. The molecule has 0 bridgehead atoms. The number of hydrogen-bond acceptors (Lipinski definition) is 2. The predicted molar refractivity (Wildman–Crippen MR) is 62.8 cm³/mol. The molecule has 0 unspecified atom stereocenters. The van der Waals surface area contributed by atoms with Gasteiger partial charge in [-0.25, -0.2) is 0 Å². The van der Waals surface area contributed by atoms with Gasteiger partial charge in [0.1, 0.15) is 0 Å². The molecule has 1 spiro atoms. The molecular formula is C13H18N2. The number of nitrogens with two attached hydrogens (primary N) is 1. The predicted octanol–water partition coefficient (Wildman–Crippen LogP) is 2.14. The maximum atomic E-state index is 5.75. The summed E-state index contributed by atoms with van der Waals surface area (Å²) in [5.74, 6) is 0. The van der Waals surface area contributed by atoms with Crippen molar-refractivity contribution < 1.29 is 0 Å². The Morgan fingerprint density at radius 2 is 1.93 bits per heavy atom. The first-order valence-corrected chi connectivity index (χ1v) is 5.86. The van der Waals surface area contributed by atoms with Crippen LogP contribution in [0.25, 0.3) is 0 Å². The highest BCUT2D eigenvalue weighted by Crippen LogP contribution is 2.49. The number of para-hydroxylation sites is 1. The van der Waals surface area contributed by atoms with E-state index in [0.29, 0.717) is 12.0 Å². The van der Waals surface area contributed by atoms with Crippen molar-refractivity contribution in [3.05, 3.63) is 29.8 Å². The van der Waals surface area contributed by atoms with Crippen molar-refractivity contribution >= 4 is 5.69 Å². The van der Waals surface area contributed by atoms with Crippen LogP contribution in [-0.4, -0.2) is 13.1 Å². The largest absolute Gasteiger partial charge is 0.370 e. The molecule has 1 saturated heterocycles. The minimum Gasteiger partial charge on any atom is -0.370 e. The number of nitrogens with zero attached hydrogens (tertiary/aromatic N) is 1. The van der Waals surface area contributed by atoms with Gasteiger partial charge < -0.3 is 10.6 Å². The Kier molecular flexibility index (Phi) is 1.99. The molecule has 1 aliphatic carbocycles. The maximum absolute atomic E-state index is 5.75. The van der Waals surface area contributed by atoms with E-state index in [-0.39, 0.29) is 0 Å². The lowest BCUT2D eigenvalue weighted by Gasteiger charge is -2.57. The van der Waals surface area contributed by atoms with Crippen LogP contribution in [0.1, 0.15) is 24.8 Å². The zero-order chi connectivity index (χ0) is 10.3. The molecule has 1 saturated carbocycles. The van der Waals surface area contributed by atoms with Crippen LogP contribution >= 0.6 is 0 Å². The van der Waals surface area contributed by atoms with Gasteiger partial charge in [-0.15, -0.1) is 0 Å². The third-order valence-electron chi connectivity index (χ3n) is 4.02. The number of rotatable bonds is 2. The van der Waals surface area contributed by atoms with E-state index in [9.17, 15) is 0 Å². The fraction of sp³-hybridized carbons (Fsp3) is 0.538. The summed E-state index contributed by atoms with van der Waals surface area (Å²) in [7, 11) is 0. The van der Waals surface area contributed by atoms with Gasteiger partial charge in [0, 0.05) is 30.7 Å². The summed E-state index contributed by atoms with van der Waals surface area (Å²) in [6.45, 7) is 3.16. The smallest absolute Gasteiger partial charge is 0.0412 e. The van der Waals surface area contributed by atoms with Gasteiger partial charge in [-0.1, -0.05) is 24.6 Å². The average molecular weight is 202 g/mol. The number of benzene rings is 1. The SMILES string of the molecule is NCc1ccccc1N1CC2(CCC2)C1. The molecule has 80 valence electrons. The first-order chi connectivity index (χ1) is 7.33. The third-order valence-corrected chi connectivity index (χ3v) is 4.02. The van der Waals surface area contributed by atoms with Crippen LogP contribution in [0.2, 0.25) is 0 Å². The van der Waals surface area contributed by atoms with Crippen molar-refractivity contribution in [2.24, 2.45) is 11.1 Å². The fourth-order valence-corrected chi connectivity index (χ4v) is 2.92. The van der Waals surface area contributed by atoms with Crippen molar-refractivity contribution in [3.63, 3.8) is 0 Å². The van der Waals surface area contributed by atoms with Crippen molar-refractivity contribution in [2.75, 3.05) is 18.0 Å². The second-order valence-corrected chi connectivity index (χ2v) is 5.04. The molecule has 2 aliphatic rings. The highest BCUT2D eigenvalue weighted by molar-refractivity contribution is 5.56. The fourth-order valence-electron chi connectivity index (χ4n) is 2.92. The Morgan fingerprint density at radius 3 is 2.53 bits per heavy atom. The molecule has 0 amide bonds. The second-order valence-electron chi connectivity index (χ2n) is 5.04. The molecule has 2 fully saturated rings. The van der Waals surface area contributed by atoms with Gasteiger partial charge in [-0.05, 0) is 24.5 Å². The molecule has 0 atom stereocenters. The Labute approximate surface area is 91.1 Å². The van der Waals surface area contributed by atoms with Crippen LogP contribution in [0.15, 0.2) is 24.3 Å². The van der Waals surface area contributed by atoms with E-state index in [2.05, 4.69) is 29.2 Å². The van der Waals surface area contributed by atoms with Gasteiger partial charge in [-0.2, -0.15) is 0 Å². The standard InChI is InChI=1S/C13H18N2/c14-8-11-4-1-2-5-12(11)15-9-13(10-15)6-3-7-13/h1-2,4-5H,3,6-10,14H2. The third kappa shape index (κ3) is 1.36. The Hall–Kier alpha value is -1.02. The summed E-state index contributed by atoms with van der Waals surface area (Å²) in [6.07, 6.45) is 4.31. The molecule has 2 heteroatoms. The molecule has 2 N–H and O–H groups in total. The summed E-state index contributed by atoms with van der Waals surface area (Å²) in [6, 6.07) is 8.53. The summed E-state index contributed by atoms with van der Waals surface area (Å²) >= 11 is 0. The van der Waals surface area contributed by atoms with E-state index in [1.165, 1.54) is 43.6 Å². The van der Waals surface area contributed by atoms with Crippen LogP contribution in [0, 0.1) is 5.41 Å². The maximum Gasteiger partial charge on any atom is 0.0412 e. The Morgan fingerprint density at radius 1 is 1.20 bits per heavy atom. The monoisotopic (exact) mass is 202 g/mol. The lowest BCUT2D eigenvalue weighted by atomic mass is 9.63. The number of hydrogen-bond donors (Lipinski definition) is 1. The minimum atomic E-state index is 0.652. The summed E-state index contributed by atoms with van der Waals surface area (Å²) < 4.78 is 0. The van der Waals surface area contributed by atoms with Crippen molar-refractivity contribution in [2.45, 2.75) is 25.8 Å². The Bertz CT molecular complexity index is 361. The van der Waals surface area contributed by atoms with E-state index in [0.717, 1.165) is 0 Å². The molecule has 0 radical (unpaired) electrons. The van der Waals surface area contributed by atoms with Crippen LogP contribution in [0.3, 0.4) is 0 Å². The van der Waals surface area contributed by atoms with Gasteiger partial charge in [-0.3, -0.25) is 0 Å². The van der Waals surface area contributed by atoms with Crippen LogP contribution in [0.4, 0.5) is 5.69 Å². The zero-order valence-electron chi connectivity index (χ0n) is 9.08. The second kappa shape index (κ2) is 3.24. The summed E-state index contributed by atoms with van der Waals surface area (Å²) in [5.41, 5.74) is 9.09. The molecule has 0 aromatic heterocycles. The first-order valence-electron chi connectivity index (χ1n) is 5.86. The molecule has 3 rings (SSSR count). The highest BCUT2D eigenvalue weighted by atomic mass is 15.2. The van der Waals surface area contributed by atoms with Crippen molar-refractivity contribution in [1.82, 2.24) is 0 Å². The van der Waals surface area contributed by atoms with Crippen LogP contribution in [0.5, 0.6) is 0 Å².